The maximum absolute atomic E-state index is 13.7. The Labute approximate surface area is 279 Å². The average molecular weight is 651 g/mol. The molecule has 4 rings (SSSR count). The number of carbonyl (C=O) groups is 4. The van der Waals surface area contributed by atoms with Gasteiger partial charge in [0, 0.05) is 31.2 Å². The zero-order valence-corrected chi connectivity index (χ0v) is 27.2. The lowest BCUT2D eigenvalue weighted by Crippen LogP contribution is -2.46. The molecule has 0 bridgehead atoms. The molecule has 4 aromatic carbocycles. The molecule has 12 nitrogen and oxygen atoms in total. The molecular formula is C36H38N6O6. The number of nitrogens with zero attached hydrogens (tertiary/aromatic N) is 4. The number of ether oxygens (including phenoxy) is 1. The Balaban J connectivity index is 1.53. The number of amides is 5. The van der Waals surface area contributed by atoms with Crippen molar-refractivity contribution in [2.45, 2.75) is 13.8 Å². The minimum Gasteiger partial charge on any atom is -0.482 e. The summed E-state index contributed by atoms with van der Waals surface area (Å²) in [6, 6.07) is 27.3. The third-order valence-electron chi connectivity index (χ3n) is 7.34. The van der Waals surface area contributed by atoms with Gasteiger partial charge >= 0.3 is 6.03 Å². The summed E-state index contributed by atoms with van der Waals surface area (Å²) in [6.07, 6.45) is 1.21. The van der Waals surface area contributed by atoms with Crippen molar-refractivity contribution in [3.63, 3.8) is 0 Å². The van der Waals surface area contributed by atoms with Gasteiger partial charge in [-0.1, -0.05) is 53.7 Å². The van der Waals surface area contributed by atoms with Gasteiger partial charge in [-0.2, -0.15) is 0 Å². The van der Waals surface area contributed by atoms with Gasteiger partial charge in [0.25, 0.3) is 5.91 Å². The number of nitrogens with one attached hydrogen (secondary N) is 2. The predicted octanol–water partition coefficient (Wildman–Crippen LogP) is 4.97. The van der Waals surface area contributed by atoms with E-state index in [1.807, 2.05) is 38.1 Å². The van der Waals surface area contributed by atoms with E-state index in [1.54, 1.807) is 86.9 Å². The van der Waals surface area contributed by atoms with Crippen LogP contribution in [-0.2, 0) is 14.4 Å². The lowest BCUT2D eigenvalue weighted by Gasteiger charge is -2.27. The number of hydrogen-bond donors (Lipinski definition) is 3. The molecule has 3 N–H and O–H groups in total. The standard InChI is InChI=1S/C36H38N6O6/c1-25-17-26(2)19-30(18-25)41(4)35(45)24-48-32-16-9-8-15-31(32)42(23-34(44)40(3)29-13-6-5-7-14-29)33(43)22-37-36(46)39-28-12-10-11-27(20-28)21-38-47/h5-21,47H,22-24H2,1-4H3,(H2,37,39,46). The summed E-state index contributed by atoms with van der Waals surface area (Å²) in [7, 11) is 3.26. The molecule has 0 fully saturated rings. The number of urea groups is 1. The summed E-state index contributed by atoms with van der Waals surface area (Å²) in [5, 5.41) is 16.9. The van der Waals surface area contributed by atoms with Crippen molar-refractivity contribution in [3.05, 3.63) is 114 Å². The lowest BCUT2D eigenvalue weighted by atomic mass is 10.1. The van der Waals surface area contributed by atoms with Crippen molar-refractivity contribution >= 4 is 52.7 Å². The second kappa shape index (κ2) is 16.4. The molecule has 0 spiro atoms. The summed E-state index contributed by atoms with van der Waals surface area (Å²) in [4.78, 5) is 57.2. The fraction of sp³-hybridized carbons (Fsp3) is 0.194. The molecule has 4 aromatic rings. The second-order valence-corrected chi connectivity index (χ2v) is 11.0. The Kier molecular flexibility index (Phi) is 11.9. The summed E-state index contributed by atoms with van der Waals surface area (Å²) in [6.45, 7) is 2.73. The molecule has 0 aromatic heterocycles. The van der Waals surface area contributed by atoms with E-state index in [4.69, 9.17) is 9.94 Å². The van der Waals surface area contributed by atoms with Crippen LogP contribution in [0.5, 0.6) is 5.75 Å². The molecule has 0 saturated carbocycles. The molecule has 0 saturated heterocycles. The normalized spacial score (nSPS) is 10.7. The first kappa shape index (κ1) is 34.7. The zero-order chi connectivity index (χ0) is 34.6. The molecule has 0 heterocycles. The Morgan fingerprint density at radius 3 is 2.15 bits per heavy atom. The Hall–Kier alpha value is -6.17. The van der Waals surface area contributed by atoms with E-state index >= 15 is 0 Å². The van der Waals surface area contributed by atoms with E-state index < -0.39 is 24.4 Å². The Morgan fingerprint density at radius 2 is 1.44 bits per heavy atom. The molecule has 0 atom stereocenters. The average Bonchev–Trinajstić information content (AvgIpc) is 3.08. The molecule has 0 unspecified atom stereocenters. The predicted molar refractivity (Wildman–Crippen MR) is 186 cm³/mol. The summed E-state index contributed by atoms with van der Waals surface area (Å²) >= 11 is 0. The van der Waals surface area contributed by atoms with Gasteiger partial charge < -0.3 is 30.4 Å². The van der Waals surface area contributed by atoms with Gasteiger partial charge in [-0.15, -0.1) is 0 Å². The molecule has 0 aliphatic carbocycles. The number of benzene rings is 4. The monoisotopic (exact) mass is 650 g/mol. The van der Waals surface area contributed by atoms with Crippen LogP contribution in [-0.4, -0.2) is 69.0 Å². The smallest absolute Gasteiger partial charge is 0.319 e. The van der Waals surface area contributed by atoms with Gasteiger partial charge in [-0.3, -0.25) is 19.3 Å². The van der Waals surface area contributed by atoms with E-state index in [0.717, 1.165) is 16.8 Å². The Morgan fingerprint density at radius 1 is 0.771 bits per heavy atom. The Bertz CT molecular complexity index is 1770. The third kappa shape index (κ3) is 9.42. The highest BCUT2D eigenvalue weighted by Crippen LogP contribution is 2.29. The van der Waals surface area contributed by atoms with Gasteiger partial charge in [-0.25, -0.2) is 4.79 Å². The number of para-hydroxylation sites is 3. The van der Waals surface area contributed by atoms with E-state index in [-0.39, 0.29) is 30.5 Å². The molecule has 48 heavy (non-hydrogen) atoms. The fourth-order valence-corrected chi connectivity index (χ4v) is 4.86. The van der Waals surface area contributed by atoms with Crippen molar-refractivity contribution in [2.75, 3.05) is 53.8 Å². The first-order valence-corrected chi connectivity index (χ1v) is 15.1. The van der Waals surface area contributed by atoms with Crippen LogP contribution >= 0.6 is 0 Å². The minimum absolute atomic E-state index is 0.204. The second-order valence-electron chi connectivity index (χ2n) is 11.0. The fourth-order valence-electron chi connectivity index (χ4n) is 4.86. The van der Waals surface area contributed by atoms with Gasteiger partial charge in [0.15, 0.2) is 6.61 Å². The zero-order valence-electron chi connectivity index (χ0n) is 27.2. The number of hydrogen-bond acceptors (Lipinski definition) is 7. The molecule has 5 amide bonds. The molecular weight excluding hydrogens is 612 g/mol. The van der Waals surface area contributed by atoms with Gasteiger partial charge in [0.05, 0.1) is 18.4 Å². The summed E-state index contributed by atoms with van der Waals surface area (Å²) < 4.78 is 5.96. The SMILES string of the molecule is Cc1cc(C)cc(N(C)C(=O)COc2ccccc2N(CC(=O)N(C)c2ccccc2)C(=O)CNC(=O)Nc2cccc(C=NO)c2)c1. The third-order valence-corrected chi connectivity index (χ3v) is 7.34. The molecule has 0 radical (unpaired) electrons. The van der Waals surface area contributed by atoms with Crippen LogP contribution in [0, 0.1) is 13.8 Å². The van der Waals surface area contributed by atoms with E-state index in [1.165, 1.54) is 20.9 Å². The van der Waals surface area contributed by atoms with Crippen LogP contribution in [0.4, 0.5) is 27.5 Å². The highest BCUT2D eigenvalue weighted by Gasteiger charge is 2.25. The molecule has 0 aliphatic rings. The number of carbonyl (C=O) groups excluding carboxylic acids is 4. The number of oxime groups is 1. The largest absolute Gasteiger partial charge is 0.482 e. The first-order valence-electron chi connectivity index (χ1n) is 15.1. The van der Waals surface area contributed by atoms with E-state index in [0.29, 0.717) is 16.9 Å². The van der Waals surface area contributed by atoms with Crippen LogP contribution in [0.3, 0.4) is 0 Å². The first-order chi connectivity index (χ1) is 23.0. The van der Waals surface area contributed by atoms with Crippen LogP contribution in [0.1, 0.15) is 16.7 Å². The van der Waals surface area contributed by atoms with Crippen LogP contribution in [0.25, 0.3) is 0 Å². The van der Waals surface area contributed by atoms with Gasteiger partial charge in [0.2, 0.25) is 11.8 Å². The molecule has 12 heteroatoms. The van der Waals surface area contributed by atoms with Crippen molar-refractivity contribution in [3.8, 4) is 5.75 Å². The van der Waals surface area contributed by atoms with Crippen molar-refractivity contribution in [1.29, 1.82) is 0 Å². The highest BCUT2D eigenvalue weighted by molar-refractivity contribution is 6.06. The maximum atomic E-state index is 13.7. The highest BCUT2D eigenvalue weighted by atomic mass is 16.5. The number of anilines is 4. The minimum atomic E-state index is -0.668. The molecule has 0 aliphatic heterocycles. The number of likely N-dealkylation sites (N-methyl/N-ethyl adjacent to an activating group) is 2. The van der Waals surface area contributed by atoms with E-state index in [2.05, 4.69) is 15.8 Å². The van der Waals surface area contributed by atoms with Crippen molar-refractivity contribution in [2.24, 2.45) is 5.16 Å². The van der Waals surface area contributed by atoms with Crippen molar-refractivity contribution in [1.82, 2.24) is 5.32 Å². The quantitative estimate of drug-likeness (QED) is 0.112. The van der Waals surface area contributed by atoms with Crippen LogP contribution < -0.4 is 30.1 Å². The topological polar surface area (TPSA) is 144 Å². The lowest BCUT2D eigenvalue weighted by molar-refractivity contribution is -0.121. The summed E-state index contributed by atoms with van der Waals surface area (Å²) in [5.74, 6) is -1.12. The number of rotatable bonds is 12. The van der Waals surface area contributed by atoms with Crippen LogP contribution in [0.15, 0.2) is 102 Å². The van der Waals surface area contributed by atoms with Crippen molar-refractivity contribution < 1.29 is 29.1 Å². The number of aryl methyl sites for hydroxylation is 2. The maximum Gasteiger partial charge on any atom is 0.319 e. The summed E-state index contributed by atoms with van der Waals surface area (Å²) in [5.41, 5.74) is 4.59. The van der Waals surface area contributed by atoms with Gasteiger partial charge in [-0.05, 0) is 79.1 Å². The van der Waals surface area contributed by atoms with Gasteiger partial charge in [0.1, 0.15) is 12.3 Å². The van der Waals surface area contributed by atoms with E-state index in [9.17, 15) is 19.2 Å². The van der Waals surface area contributed by atoms with Crippen LogP contribution in [0.2, 0.25) is 0 Å². The molecule has 248 valence electrons.